The first kappa shape index (κ1) is 10.5. The maximum atomic E-state index is 11.1. The summed E-state index contributed by atoms with van der Waals surface area (Å²) in [5.74, 6) is -1.30. The molecule has 2 aromatic carbocycles. The summed E-state index contributed by atoms with van der Waals surface area (Å²) in [5, 5.41) is 20.0. The lowest BCUT2D eigenvalue weighted by Crippen LogP contribution is -1.98. The second-order valence-electron chi connectivity index (χ2n) is 3.92. The Morgan fingerprint density at radius 1 is 1.12 bits per heavy atom. The Balaban J connectivity index is 2.92. The number of phenols is 1. The highest BCUT2D eigenvalue weighted by Crippen LogP contribution is 2.29. The number of carbonyl (C=O) groups is 1. The normalized spacial score (nSPS) is 10.6. The number of aryl methyl sites for hydroxylation is 2. The van der Waals surface area contributed by atoms with E-state index in [1.807, 2.05) is 19.9 Å². The van der Waals surface area contributed by atoms with E-state index in [2.05, 4.69) is 0 Å². The molecule has 3 heteroatoms. The van der Waals surface area contributed by atoms with Crippen LogP contribution in [0, 0.1) is 13.8 Å². The summed E-state index contributed by atoms with van der Waals surface area (Å²) in [5.41, 5.74) is 2.09. The zero-order valence-corrected chi connectivity index (χ0v) is 9.11. The Hall–Kier alpha value is -2.03. The topological polar surface area (TPSA) is 57.5 Å². The Bertz CT molecular complexity index is 585. The van der Waals surface area contributed by atoms with Crippen LogP contribution in [0.25, 0.3) is 10.8 Å². The third-order valence-corrected chi connectivity index (χ3v) is 2.83. The number of carboxylic acid groups (broad SMARTS) is 1. The minimum atomic E-state index is -1.11. The lowest BCUT2D eigenvalue weighted by molar-refractivity contribution is 0.0696. The van der Waals surface area contributed by atoms with Gasteiger partial charge < -0.3 is 10.2 Å². The predicted octanol–water partition coefficient (Wildman–Crippen LogP) is 2.86. The van der Waals surface area contributed by atoms with Crippen molar-refractivity contribution in [3.63, 3.8) is 0 Å². The molecule has 0 fully saturated rings. The lowest BCUT2D eigenvalue weighted by atomic mass is 9.98. The zero-order chi connectivity index (χ0) is 11.9. The van der Waals surface area contributed by atoms with E-state index in [9.17, 15) is 9.90 Å². The molecule has 0 amide bonds. The number of benzene rings is 2. The average Bonchev–Trinajstić information content (AvgIpc) is 2.20. The molecule has 0 aromatic heterocycles. The maximum Gasteiger partial charge on any atom is 0.340 e. The van der Waals surface area contributed by atoms with Crippen LogP contribution >= 0.6 is 0 Å². The van der Waals surface area contributed by atoms with Gasteiger partial charge in [-0.1, -0.05) is 18.2 Å². The quantitative estimate of drug-likeness (QED) is 0.770. The Labute approximate surface area is 93.0 Å². The van der Waals surface area contributed by atoms with Crippen molar-refractivity contribution < 1.29 is 15.0 Å². The van der Waals surface area contributed by atoms with Crippen LogP contribution in [0.15, 0.2) is 24.3 Å². The lowest BCUT2D eigenvalue weighted by Gasteiger charge is -2.08. The number of rotatable bonds is 1. The van der Waals surface area contributed by atoms with E-state index in [-0.39, 0.29) is 11.3 Å². The third-order valence-electron chi connectivity index (χ3n) is 2.83. The van der Waals surface area contributed by atoms with E-state index < -0.39 is 5.97 Å². The summed E-state index contributed by atoms with van der Waals surface area (Å²) < 4.78 is 0. The third kappa shape index (κ3) is 1.50. The second kappa shape index (κ2) is 3.52. The molecule has 0 saturated heterocycles. The van der Waals surface area contributed by atoms with Crippen molar-refractivity contribution in [2.45, 2.75) is 13.8 Å². The molecule has 2 rings (SSSR count). The first-order chi connectivity index (χ1) is 7.50. The van der Waals surface area contributed by atoms with Crippen LogP contribution in [-0.2, 0) is 0 Å². The molecule has 0 unspecified atom stereocenters. The van der Waals surface area contributed by atoms with Gasteiger partial charge in [0.25, 0.3) is 0 Å². The van der Waals surface area contributed by atoms with Crippen LogP contribution in [-0.4, -0.2) is 16.2 Å². The van der Waals surface area contributed by atoms with E-state index in [1.54, 1.807) is 12.1 Å². The van der Waals surface area contributed by atoms with Crippen LogP contribution in [0.2, 0.25) is 0 Å². The summed E-state index contributed by atoms with van der Waals surface area (Å²) in [7, 11) is 0. The van der Waals surface area contributed by atoms with Crippen molar-refractivity contribution in [3.05, 3.63) is 41.0 Å². The molecule has 2 N–H and O–H groups in total. The molecule has 82 valence electrons. The molecule has 0 aliphatic rings. The van der Waals surface area contributed by atoms with Crippen molar-refractivity contribution in [3.8, 4) is 5.75 Å². The number of hydrogen-bond donors (Lipinski definition) is 2. The molecule has 0 saturated carbocycles. The van der Waals surface area contributed by atoms with Gasteiger partial charge in [-0.15, -0.1) is 0 Å². The summed E-state index contributed by atoms with van der Waals surface area (Å²) >= 11 is 0. The van der Waals surface area contributed by atoms with Crippen LogP contribution in [0.5, 0.6) is 5.75 Å². The Morgan fingerprint density at radius 3 is 2.38 bits per heavy atom. The number of aromatic carboxylic acids is 1. The molecule has 0 spiro atoms. The van der Waals surface area contributed by atoms with Crippen LogP contribution in [0.3, 0.4) is 0 Å². The summed E-state index contributed by atoms with van der Waals surface area (Å²) in [6.45, 7) is 3.90. The fourth-order valence-corrected chi connectivity index (χ4v) is 1.81. The minimum absolute atomic E-state index is 0.0272. The molecular weight excluding hydrogens is 204 g/mol. The fraction of sp³-hybridized carbons (Fsp3) is 0.154. The van der Waals surface area contributed by atoms with Gasteiger partial charge >= 0.3 is 5.97 Å². The number of carboxylic acids is 1. The summed E-state index contributed by atoms with van der Waals surface area (Å²) in [4.78, 5) is 11.1. The highest BCUT2D eigenvalue weighted by molar-refractivity contribution is 6.06. The molecule has 3 nitrogen and oxygen atoms in total. The molecule has 0 aliphatic carbocycles. The van der Waals surface area contributed by atoms with E-state index in [4.69, 9.17) is 5.11 Å². The van der Waals surface area contributed by atoms with Gasteiger partial charge in [0.2, 0.25) is 0 Å². The van der Waals surface area contributed by atoms with Gasteiger partial charge in [-0.2, -0.15) is 0 Å². The minimum Gasteiger partial charge on any atom is -0.507 e. The van der Waals surface area contributed by atoms with E-state index in [0.717, 1.165) is 16.5 Å². The zero-order valence-electron chi connectivity index (χ0n) is 9.11. The van der Waals surface area contributed by atoms with Crippen LogP contribution in [0.1, 0.15) is 21.5 Å². The van der Waals surface area contributed by atoms with Crippen molar-refractivity contribution >= 4 is 16.7 Å². The van der Waals surface area contributed by atoms with Gasteiger partial charge in [0.1, 0.15) is 11.3 Å². The SMILES string of the molecule is Cc1cc2ccc(O)c(C(=O)O)c2cc1C. The monoisotopic (exact) mass is 216 g/mol. The molecule has 0 aliphatic heterocycles. The first-order valence-corrected chi connectivity index (χ1v) is 4.97. The van der Waals surface area contributed by atoms with Crippen molar-refractivity contribution in [1.29, 1.82) is 0 Å². The van der Waals surface area contributed by atoms with Gasteiger partial charge in [-0.05, 0) is 36.4 Å². The molecule has 16 heavy (non-hydrogen) atoms. The Kier molecular flexibility index (Phi) is 2.31. The van der Waals surface area contributed by atoms with Crippen LogP contribution in [0.4, 0.5) is 0 Å². The smallest absolute Gasteiger partial charge is 0.340 e. The highest BCUT2D eigenvalue weighted by Gasteiger charge is 2.14. The first-order valence-electron chi connectivity index (χ1n) is 4.97. The van der Waals surface area contributed by atoms with E-state index in [0.29, 0.717) is 5.39 Å². The molecule has 0 bridgehead atoms. The maximum absolute atomic E-state index is 11.1. The Morgan fingerprint density at radius 2 is 1.75 bits per heavy atom. The predicted molar refractivity (Wildman–Crippen MR) is 62.0 cm³/mol. The molecule has 0 atom stereocenters. The van der Waals surface area contributed by atoms with Gasteiger partial charge in [-0.25, -0.2) is 4.79 Å². The highest BCUT2D eigenvalue weighted by atomic mass is 16.4. The number of aromatic hydroxyl groups is 1. The van der Waals surface area contributed by atoms with Gasteiger partial charge in [-0.3, -0.25) is 0 Å². The largest absolute Gasteiger partial charge is 0.507 e. The molecule has 0 heterocycles. The van der Waals surface area contributed by atoms with Gasteiger partial charge in [0.15, 0.2) is 0 Å². The van der Waals surface area contributed by atoms with E-state index in [1.165, 1.54) is 6.07 Å². The van der Waals surface area contributed by atoms with E-state index >= 15 is 0 Å². The standard InChI is InChI=1S/C13H12O3/c1-7-5-9-3-4-11(14)12(13(15)16)10(9)6-8(7)2/h3-6,14H,1-2H3,(H,15,16). The number of hydrogen-bond acceptors (Lipinski definition) is 2. The van der Waals surface area contributed by atoms with Gasteiger partial charge in [0.05, 0.1) is 0 Å². The molecule has 2 aromatic rings. The van der Waals surface area contributed by atoms with Crippen LogP contribution < -0.4 is 0 Å². The summed E-state index contributed by atoms with van der Waals surface area (Å²) in [6.07, 6.45) is 0. The molecule has 0 radical (unpaired) electrons. The van der Waals surface area contributed by atoms with Crippen molar-refractivity contribution in [1.82, 2.24) is 0 Å². The second-order valence-corrected chi connectivity index (χ2v) is 3.92. The molecular formula is C13H12O3. The number of fused-ring (bicyclic) bond motifs is 1. The van der Waals surface area contributed by atoms with Crippen molar-refractivity contribution in [2.75, 3.05) is 0 Å². The fourth-order valence-electron chi connectivity index (χ4n) is 1.81. The van der Waals surface area contributed by atoms with Crippen molar-refractivity contribution in [2.24, 2.45) is 0 Å². The average molecular weight is 216 g/mol. The summed E-state index contributed by atoms with van der Waals surface area (Å²) in [6, 6.07) is 6.87. The van der Waals surface area contributed by atoms with Gasteiger partial charge in [0, 0.05) is 5.39 Å².